The van der Waals surface area contributed by atoms with Gasteiger partial charge in [0.2, 0.25) is 10.0 Å². The molecule has 1 saturated carbocycles. The maximum absolute atomic E-state index is 13.0. The van der Waals surface area contributed by atoms with Gasteiger partial charge in [0.15, 0.2) is 11.5 Å². The number of rotatable bonds is 7. The third-order valence-corrected chi connectivity index (χ3v) is 6.15. The molecule has 1 fully saturated rings. The lowest BCUT2D eigenvalue weighted by Crippen LogP contribution is -2.37. The number of benzene rings is 1. The van der Waals surface area contributed by atoms with Crippen LogP contribution in [0.3, 0.4) is 0 Å². The largest absolute Gasteiger partial charge is 0.493 e. The van der Waals surface area contributed by atoms with Gasteiger partial charge in [-0.1, -0.05) is 25.7 Å². The number of ether oxygens (including phenoxy) is 2. The monoisotopic (exact) mass is 398 g/mol. The zero-order valence-electron chi connectivity index (χ0n) is 16.6. The van der Waals surface area contributed by atoms with Crippen LogP contribution < -0.4 is 19.1 Å². The number of amides is 1. The molecule has 0 atom stereocenters. The summed E-state index contributed by atoms with van der Waals surface area (Å²) in [6.45, 7) is 1.93. The van der Waals surface area contributed by atoms with Crippen LogP contribution in [0.25, 0.3) is 0 Å². The summed E-state index contributed by atoms with van der Waals surface area (Å²) in [7, 11) is -0.590. The molecule has 7 nitrogen and oxygen atoms in total. The molecule has 27 heavy (non-hydrogen) atoms. The molecule has 1 aliphatic carbocycles. The molecule has 1 amide bonds. The van der Waals surface area contributed by atoms with Crippen molar-refractivity contribution in [3.8, 4) is 11.5 Å². The molecule has 1 aromatic rings. The van der Waals surface area contributed by atoms with Crippen molar-refractivity contribution in [3.05, 3.63) is 17.7 Å². The van der Waals surface area contributed by atoms with E-state index < -0.39 is 10.0 Å². The van der Waals surface area contributed by atoms with Crippen molar-refractivity contribution < 1.29 is 22.7 Å². The Morgan fingerprint density at radius 3 is 2.15 bits per heavy atom. The predicted octanol–water partition coefficient (Wildman–Crippen LogP) is 2.94. The predicted molar refractivity (Wildman–Crippen MR) is 106 cm³/mol. The molecule has 1 aliphatic rings. The van der Waals surface area contributed by atoms with E-state index in [-0.39, 0.29) is 24.1 Å². The molecule has 0 radical (unpaired) electrons. The number of hydrogen-bond donors (Lipinski definition) is 1. The minimum atomic E-state index is -3.55. The van der Waals surface area contributed by atoms with Gasteiger partial charge in [0, 0.05) is 18.7 Å². The molecule has 152 valence electrons. The number of methoxy groups -OCH3 is 2. The first-order valence-corrected chi connectivity index (χ1v) is 11.2. The minimum Gasteiger partial charge on any atom is -0.493 e. The normalized spacial score (nSPS) is 15.7. The summed E-state index contributed by atoms with van der Waals surface area (Å²) in [6.07, 6.45) is 7.57. The number of nitrogens with one attached hydrogen (secondary N) is 1. The highest BCUT2D eigenvalue weighted by Gasteiger charge is 2.26. The maximum atomic E-state index is 13.0. The van der Waals surface area contributed by atoms with E-state index in [0.717, 1.165) is 31.9 Å². The molecular weight excluding hydrogens is 368 g/mol. The van der Waals surface area contributed by atoms with Crippen molar-refractivity contribution in [1.82, 2.24) is 5.32 Å². The number of hydrogen-bond acceptors (Lipinski definition) is 5. The molecule has 1 N–H and O–H groups in total. The second kappa shape index (κ2) is 9.30. The molecule has 0 bridgehead atoms. The lowest BCUT2D eigenvalue weighted by atomic mass is 10.1. The van der Waals surface area contributed by atoms with Crippen LogP contribution in [0.4, 0.5) is 5.69 Å². The summed E-state index contributed by atoms with van der Waals surface area (Å²) < 4.78 is 36.3. The fourth-order valence-corrected chi connectivity index (χ4v) is 4.50. The second-order valence-corrected chi connectivity index (χ2v) is 8.72. The van der Waals surface area contributed by atoms with E-state index in [1.54, 1.807) is 19.1 Å². The van der Waals surface area contributed by atoms with Crippen LogP contribution in [0.5, 0.6) is 11.5 Å². The summed E-state index contributed by atoms with van der Waals surface area (Å²) in [5, 5.41) is 3.08. The van der Waals surface area contributed by atoms with Gasteiger partial charge in [0.1, 0.15) is 0 Å². The Morgan fingerprint density at radius 1 is 1.11 bits per heavy atom. The van der Waals surface area contributed by atoms with Gasteiger partial charge in [-0.2, -0.15) is 0 Å². The van der Waals surface area contributed by atoms with Crippen LogP contribution in [-0.4, -0.2) is 47.4 Å². The highest BCUT2D eigenvalue weighted by atomic mass is 32.2. The molecule has 2 rings (SSSR count). The second-order valence-electron chi connectivity index (χ2n) is 6.81. The van der Waals surface area contributed by atoms with E-state index in [2.05, 4.69) is 5.32 Å². The number of carbonyl (C=O) groups excluding carboxylic acids is 1. The molecule has 0 unspecified atom stereocenters. The third kappa shape index (κ3) is 5.28. The molecule has 1 aromatic carbocycles. The molecular formula is C19H30N2O5S. The third-order valence-electron chi connectivity index (χ3n) is 4.89. The first kappa shape index (κ1) is 21.3. The first-order valence-electron chi connectivity index (χ1n) is 9.36. The van der Waals surface area contributed by atoms with Crippen LogP contribution in [0, 0.1) is 0 Å². The van der Waals surface area contributed by atoms with Crippen molar-refractivity contribution in [2.45, 2.75) is 51.5 Å². The van der Waals surface area contributed by atoms with E-state index in [1.807, 2.05) is 0 Å². The molecule has 0 aromatic heterocycles. The van der Waals surface area contributed by atoms with Gasteiger partial charge in [-0.3, -0.25) is 9.10 Å². The van der Waals surface area contributed by atoms with Crippen LogP contribution in [0.1, 0.15) is 55.8 Å². The molecule has 0 spiro atoms. The molecule has 8 heteroatoms. The van der Waals surface area contributed by atoms with Gasteiger partial charge in [-0.15, -0.1) is 0 Å². The van der Waals surface area contributed by atoms with E-state index in [1.165, 1.54) is 31.4 Å². The van der Waals surface area contributed by atoms with Crippen molar-refractivity contribution in [3.63, 3.8) is 0 Å². The van der Waals surface area contributed by atoms with Crippen molar-refractivity contribution in [1.29, 1.82) is 0 Å². The SMILES string of the molecule is CCN(c1cc(OC)c(OC)cc1C(=O)NC1CCCCCC1)S(C)(=O)=O. The fourth-order valence-electron chi connectivity index (χ4n) is 3.53. The highest BCUT2D eigenvalue weighted by molar-refractivity contribution is 7.92. The van der Waals surface area contributed by atoms with Crippen LogP contribution in [-0.2, 0) is 10.0 Å². The lowest BCUT2D eigenvalue weighted by molar-refractivity contribution is 0.0933. The quantitative estimate of drug-likeness (QED) is 0.714. The topological polar surface area (TPSA) is 84.9 Å². The van der Waals surface area contributed by atoms with E-state index in [4.69, 9.17) is 9.47 Å². The van der Waals surface area contributed by atoms with Crippen LogP contribution in [0.2, 0.25) is 0 Å². The number of carbonyl (C=O) groups is 1. The van der Waals surface area contributed by atoms with Crippen molar-refractivity contribution >= 4 is 21.6 Å². The average molecular weight is 399 g/mol. The van der Waals surface area contributed by atoms with Gasteiger partial charge in [0.05, 0.1) is 31.7 Å². The zero-order valence-corrected chi connectivity index (χ0v) is 17.4. The summed E-state index contributed by atoms with van der Waals surface area (Å²) in [4.78, 5) is 13.0. The Bertz CT molecular complexity index is 756. The van der Waals surface area contributed by atoms with Gasteiger partial charge < -0.3 is 14.8 Å². The fraction of sp³-hybridized carbons (Fsp3) is 0.632. The highest BCUT2D eigenvalue weighted by Crippen LogP contribution is 2.36. The number of anilines is 1. The van der Waals surface area contributed by atoms with Crippen molar-refractivity contribution in [2.75, 3.05) is 31.3 Å². The van der Waals surface area contributed by atoms with E-state index in [9.17, 15) is 13.2 Å². The Balaban J connectivity index is 2.46. The van der Waals surface area contributed by atoms with Gasteiger partial charge >= 0.3 is 0 Å². The number of nitrogens with zero attached hydrogens (tertiary/aromatic N) is 1. The Kier molecular flexibility index (Phi) is 7.35. The average Bonchev–Trinajstić information content (AvgIpc) is 2.89. The maximum Gasteiger partial charge on any atom is 0.253 e. The van der Waals surface area contributed by atoms with E-state index >= 15 is 0 Å². The summed E-state index contributed by atoms with van der Waals surface area (Å²) in [6, 6.07) is 3.20. The molecule has 0 heterocycles. The van der Waals surface area contributed by atoms with Crippen molar-refractivity contribution in [2.24, 2.45) is 0 Å². The van der Waals surface area contributed by atoms with Gasteiger partial charge in [-0.05, 0) is 25.8 Å². The first-order chi connectivity index (χ1) is 12.8. The Labute approximate surface area is 162 Å². The molecule has 0 aliphatic heterocycles. The smallest absolute Gasteiger partial charge is 0.253 e. The minimum absolute atomic E-state index is 0.106. The lowest BCUT2D eigenvalue weighted by Gasteiger charge is -2.25. The van der Waals surface area contributed by atoms with Gasteiger partial charge in [-0.25, -0.2) is 8.42 Å². The van der Waals surface area contributed by atoms with Crippen LogP contribution >= 0.6 is 0 Å². The Hall–Kier alpha value is -1.96. The standard InChI is InChI=1S/C19H30N2O5S/c1-5-21(27(4,23)24)16-13-18(26-3)17(25-2)12-15(16)19(22)20-14-10-8-6-7-9-11-14/h12-14H,5-11H2,1-4H3,(H,20,22). The Morgan fingerprint density at radius 2 is 1.67 bits per heavy atom. The van der Waals surface area contributed by atoms with Crippen LogP contribution in [0.15, 0.2) is 12.1 Å². The summed E-state index contributed by atoms with van der Waals surface area (Å²) in [5.74, 6) is 0.470. The van der Waals surface area contributed by atoms with E-state index in [0.29, 0.717) is 17.2 Å². The molecule has 0 saturated heterocycles. The summed E-state index contributed by atoms with van der Waals surface area (Å²) >= 11 is 0. The number of sulfonamides is 1. The van der Waals surface area contributed by atoms with Gasteiger partial charge in [0.25, 0.3) is 5.91 Å². The zero-order chi connectivity index (χ0) is 20.0. The summed E-state index contributed by atoms with van der Waals surface area (Å²) in [5.41, 5.74) is 0.563.